The molecular formula is C19H23N3O2. The quantitative estimate of drug-likeness (QED) is 0.922. The Kier molecular flexibility index (Phi) is 3.59. The molecule has 0 spiro atoms. The molecule has 5 heteroatoms. The van der Waals surface area contributed by atoms with Gasteiger partial charge in [-0.3, -0.25) is 9.59 Å². The number of nitrogens with one attached hydrogen (secondary N) is 1. The number of carbonyl (C=O) groups is 2. The smallest absolute Gasteiger partial charge is 0.256 e. The number of carbonyl (C=O) groups excluding carboxylic acids is 2. The highest BCUT2D eigenvalue weighted by molar-refractivity contribution is 6.06. The Balaban J connectivity index is 1.53. The lowest BCUT2D eigenvalue weighted by molar-refractivity contribution is -0.134. The Bertz CT molecular complexity index is 797. The second-order valence-electron chi connectivity index (χ2n) is 7.29. The first-order valence-corrected chi connectivity index (χ1v) is 8.62. The average molecular weight is 325 g/mol. The Morgan fingerprint density at radius 3 is 2.83 bits per heavy atom. The van der Waals surface area contributed by atoms with Gasteiger partial charge in [0.05, 0.1) is 5.56 Å². The predicted molar refractivity (Wildman–Crippen MR) is 92.6 cm³/mol. The number of aromatic nitrogens is 1. The van der Waals surface area contributed by atoms with Gasteiger partial charge < -0.3 is 14.8 Å². The minimum Gasteiger partial charge on any atom is -0.360 e. The molecule has 1 aromatic carbocycles. The van der Waals surface area contributed by atoms with E-state index in [2.05, 4.69) is 4.98 Å². The Morgan fingerprint density at radius 2 is 2.00 bits per heavy atom. The van der Waals surface area contributed by atoms with Crippen molar-refractivity contribution in [3.05, 3.63) is 36.0 Å². The van der Waals surface area contributed by atoms with Gasteiger partial charge in [0, 0.05) is 50.2 Å². The highest BCUT2D eigenvalue weighted by Crippen LogP contribution is 2.40. The maximum Gasteiger partial charge on any atom is 0.256 e. The lowest BCUT2D eigenvalue weighted by Gasteiger charge is -2.31. The van der Waals surface area contributed by atoms with Gasteiger partial charge >= 0.3 is 0 Å². The van der Waals surface area contributed by atoms with Gasteiger partial charge in [-0.25, -0.2) is 0 Å². The maximum absolute atomic E-state index is 13.0. The summed E-state index contributed by atoms with van der Waals surface area (Å²) in [5.74, 6) is 1.26. The number of fused-ring (bicyclic) bond motifs is 2. The zero-order chi connectivity index (χ0) is 16.8. The molecule has 1 aromatic heterocycles. The van der Waals surface area contributed by atoms with Gasteiger partial charge in [-0.1, -0.05) is 18.2 Å². The first kappa shape index (κ1) is 15.2. The van der Waals surface area contributed by atoms with Crippen LogP contribution in [0.4, 0.5) is 0 Å². The second kappa shape index (κ2) is 5.65. The summed E-state index contributed by atoms with van der Waals surface area (Å²) in [6, 6.07) is 8.11. The molecule has 1 aliphatic carbocycles. The van der Waals surface area contributed by atoms with Crippen LogP contribution in [0.2, 0.25) is 0 Å². The number of hydrogen-bond acceptors (Lipinski definition) is 2. The van der Waals surface area contributed by atoms with Gasteiger partial charge in [0.2, 0.25) is 5.91 Å². The molecule has 2 heterocycles. The van der Waals surface area contributed by atoms with Gasteiger partial charge in [-0.15, -0.1) is 0 Å². The summed E-state index contributed by atoms with van der Waals surface area (Å²) < 4.78 is 0. The van der Waals surface area contributed by atoms with Crippen molar-refractivity contribution in [3.63, 3.8) is 0 Å². The molecule has 0 unspecified atom stereocenters. The van der Waals surface area contributed by atoms with E-state index in [0.717, 1.165) is 35.9 Å². The third-order valence-corrected chi connectivity index (χ3v) is 5.87. The molecular weight excluding hydrogens is 302 g/mol. The molecule has 2 aromatic rings. The highest BCUT2D eigenvalue weighted by Gasteiger charge is 2.42. The minimum atomic E-state index is 0.0655. The molecule has 126 valence electrons. The number of H-pyrrole nitrogens is 1. The fourth-order valence-electron chi connectivity index (χ4n) is 4.41. The molecule has 1 saturated carbocycles. The summed E-state index contributed by atoms with van der Waals surface area (Å²) in [6.45, 7) is 0.828. The van der Waals surface area contributed by atoms with Gasteiger partial charge in [-0.2, -0.15) is 0 Å². The van der Waals surface area contributed by atoms with Gasteiger partial charge in [-0.05, 0) is 30.7 Å². The monoisotopic (exact) mass is 325 g/mol. The number of amides is 2. The number of likely N-dealkylation sites (tertiary alicyclic amines) is 1. The van der Waals surface area contributed by atoms with Crippen molar-refractivity contribution in [2.24, 2.45) is 11.8 Å². The molecule has 5 nitrogen and oxygen atoms in total. The summed E-state index contributed by atoms with van der Waals surface area (Å²) in [4.78, 5) is 31.8. The molecule has 3 atom stereocenters. The van der Waals surface area contributed by atoms with Crippen LogP contribution in [0.15, 0.2) is 30.5 Å². The van der Waals surface area contributed by atoms with Crippen LogP contribution in [0.1, 0.15) is 29.6 Å². The van der Waals surface area contributed by atoms with Crippen molar-refractivity contribution in [1.29, 1.82) is 0 Å². The number of aromatic amines is 1. The topological polar surface area (TPSA) is 56.4 Å². The van der Waals surface area contributed by atoms with E-state index >= 15 is 0 Å². The summed E-state index contributed by atoms with van der Waals surface area (Å²) in [5, 5.41) is 0.972. The molecule has 1 aliphatic heterocycles. The zero-order valence-corrected chi connectivity index (χ0v) is 14.2. The molecule has 1 N–H and O–H groups in total. The zero-order valence-electron chi connectivity index (χ0n) is 14.2. The van der Waals surface area contributed by atoms with Crippen LogP contribution >= 0.6 is 0 Å². The van der Waals surface area contributed by atoms with E-state index in [1.54, 1.807) is 0 Å². The molecule has 1 saturated heterocycles. The summed E-state index contributed by atoms with van der Waals surface area (Å²) in [6.07, 6.45) is 4.37. The van der Waals surface area contributed by atoms with Crippen LogP contribution in [0, 0.1) is 11.8 Å². The van der Waals surface area contributed by atoms with Crippen molar-refractivity contribution in [2.75, 3.05) is 20.6 Å². The summed E-state index contributed by atoms with van der Waals surface area (Å²) >= 11 is 0. The molecule has 0 radical (unpaired) electrons. The Hall–Kier alpha value is -2.30. The molecule has 2 aliphatic rings. The fourth-order valence-corrected chi connectivity index (χ4v) is 4.41. The SMILES string of the molecule is CN1C[C@@H]2C[C@H](N(C)C(=O)c3c[nH]c4ccccc34)C[C@@H]2CC1=O. The van der Waals surface area contributed by atoms with E-state index in [4.69, 9.17) is 0 Å². The van der Waals surface area contributed by atoms with Crippen LogP contribution in [0.5, 0.6) is 0 Å². The standard InChI is InChI=1S/C19H23N3O2/c1-21-11-13-8-14(7-12(13)9-18(21)23)22(2)19(24)16-10-20-17-6-4-3-5-15(16)17/h3-6,10,12-14,20H,7-9,11H2,1-2H3/t12-,13+,14-/m1/s1. The van der Waals surface area contributed by atoms with Crippen molar-refractivity contribution in [2.45, 2.75) is 25.3 Å². The molecule has 2 amide bonds. The number of rotatable bonds is 2. The van der Waals surface area contributed by atoms with E-state index in [-0.39, 0.29) is 17.9 Å². The normalized spacial score (nSPS) is 26.7. The number of nitrogens with zero attached hydrogens (tertiary/aromatic N) is 2. The van der Waals surface area contributed by atoms with E-state index in [1.807, 2.05) is 54.4 Å². The van der Waals surface area contributed by atoms with E-state index < -0.39 is 0 Å². The van der Waals surface area contributed by atoms with Gasteiger partial charge in [0.25, 0.3) is 5.91 Å². The Labute approximate surface area is 141 Å². The highest BCUT2D eigenvalue weighted by atomic mass is 16.2. The van der Waals surface area contributed by atoms with Crippen LogP contribution < -0.4 is 0 Å². The predicted octanol–water partition coefficient (Wildman–Crippen LogP) is 2.50. The van der Waals surface area contributed by atoms with Crippen molar-refractivity contribution >= 4 is 22.7 Å². The van der Waals surface area contributed by atoms with Crippen LogP contribution in [0.3, 0.4) is 0 Å². The van der Waals surface area contributed by atoms with E-state index in [9.17, 15) is 9.59 Å². The molecule has 4 rings (SSSR count). The van der Waals surface area contributed by atoms with Crippen molar-refractivity contribution < 1.29 is 9.59 Å². The number of para-hydroxylation sites is 1. The number of benzene rings is 1. The Morgan fingerprint density at radius 1 is 1.25 bits per heavy atom. The van der Waals surface area contributed by atoms with Crippen LogP contribution in [0.25, 0.3) is 10.9 Å². The minimum absolute atomic E-state index is 0.0655. The molecule has 0 bridgehead atoms. The lowest BCUT2D eigenvalue weighted by Crippen LogP contribution is -2.39. The van der Waals surface area contributed by atoms with Crippen molar-refractivity contribution in [3.8, 4) is 0 Å². The molecule has 2 fully saturated rings. The fraction of sp³-hybridized carbons (Fsp3) is 0.474. The largest absolute Gasteiger partial charge is 0.360 e. The average Bonchev–Trinajstić information content (AvgIpc) is 3.18. The summed E-state index contributed by atoms with van der Waals surface area (Å²) in [5.41, 5.74) is 1.72. The van der Waals surface area contributed by atoms with Crippen LogP contribution in [-0.4, -0.2) is 53.3 Å². The summed E-state index contributed by atoms with van der Waals surface area (Å²) in [7, 11) is 3.78. The third kappa shape index (κ3) is 2.39. The maximum atomic E-state index is 13.0. The van der Waals surface area contributed by atoms with Crippen molar-refractivity contribution in [1.82, 2.24) is 14.8 Å². The number of piperidine rings is 1. The lowest BCUT2D eigenvalue weighted by atomic mass is 9.88. The van der Waals surface area contributed by atoms with E-state index in [1.165, 1.54) is 0 Å². The second-order valence-corrected chi connectivity index (χ2v) is 7.29. The van der Waals surface area contributed by atoms with E-state index in [0.29, 0.717) is 18.3 Å². The van der Waals surface area contributed by atoms with Gasteiger partial charge in [0.1, 0.15) is 0 Å². The third-order valence-electron chi connectivity index (χ3n) is 5.87. The first-order chi connectivity index (χ1) is 11.5. The first-order valence-electron chi connectivity index (χ1n) is 8.62. The molecule has 24 heavy (non-hydrogen) atoms. The van der Waals surface area contributed by atoms with Gasteiger partial charge in [0.15, 0.2) is 0 Å². The number of hydrogen-bond donors (Lipinski definition) is 1. The van der Waals surface area contributed by atoms with Crippen LogP contribution in [-0.2, 0) is 4.79 Å².